The van der Waals surface area contributed by atoms with E-state index in [9.17, 15) is 4.79 Å². The quantitative estimate of drug-likeness (QED) is 0.514. The Balaban J connectivity index is 0.00000300. The molecule has 0 spiro atoms. The fraction of sp³-hybridized carbons (Fsp3) is 0.696. The molecule has 0 radical (unpaired) electrons. The number of hydrogen-bond donors (Lipinski definition) is 0. The lowest BCUT2D eigenvalue weighted by Crippen LogP contribution is -2.54. The number of ether oxygens (including phenoxy) is 2. The molecule has 0 aromatic heterocycles. The maximum Gasteiger partial charge on any atom is 0.237 e. The number of carbonyl (C=O) groups is 1. The molecule has 29 heavy (non-hydrogen) atoms. The first-order valence-corrected chi connectivity index (χ1v) is 10.9. The van der Waals surface area contributed by atoms with Crippen LogP contribution in [0.2, 0.25) is 0 Å². The lowest BCUT2D eigenvalue weighted by atomic mass is 9.90. The van der Waals surface area contributed by atoms with Crippen molar-refractivity contribution in [3.05, 3.63) is 23.3 Å². The molecule has 1 aromatic rings. The molecular weight excluding hydrogens is 388 g/mol. The summed E-state index contributed by atoms with van der Waals surface area (Å²) in [7, 11) is 3.34. The molecule has 1 aromatic carbocycles. The van der Waals surface area contributed by atoms with E-state index in [0.29, 0.717) is 6.54 Å². The Kier molecular flexibility index (Phi) is 9.57. The SMILES string of the molecule is CCCCCCCCCN1CC(=O)N2CCc3cc(OC)c(OC)cc3C2C1.Cl. The average molecular weight is 425 g/mol. The van der Waals surface area contributed by atoms with E-state index in [0.717, 1.165) is 37.6 Å². The zero-order valence-electron chi connectivity index (χ0n) is 18.2. The number of hydrogen-bond acceptors (Lipinski definition) is 4. The maximum absolute atomic E-state index is 12.8. The molecule has 2 aliphatic rings. The van der Waals surface area contributed by atoms with E-state index in [2.05, 4.69) is 28.9 Å². The lowest BCUT2D eigenvalue weighted by molar-refractivity contribution is -0.140. The van der Waals surface area contributed by atoms with Gasteiger partial charge in [0.2, 0.25) is 5.91 Å². The van der Waals surface area contributed by atoms with Gasteiger partial charge in [0.05, 0.1) is 26.8 Å². The van der Waals surface area contributed by atoms with Crippen molar-refractivity contribution < 1.29 is 14.3 Å². The lowest BCUT2D eigenvalue weighted by Gasteiger charge is -2.44. The van der Waals surface area contributed by atoms with E-state index in [1.54, 1.807) is 14.2 Å². The monoisotopic (exact) mass is 424 g/mol. The number of amides is 1. The number of fused-ring (bicyclic) bond motifs is 3. The highest BCUT2D eigenvalue weighted by atomic mass is 35.5. The van der Waals surface area contributed by atoms with Crippen LogP contribution in [0.5, 0.6) is 11.5 Å². The van der Waals surface area contributed by atoms with Gasteiger partial charge >= 0.3 is 0 Å². The van der Waals surface area contributed by atoms with Crippen LogP contribution >= 0.6 is 12.4 Å². The van der Waals surface area contributed by atoms with E-state index in [-0.39, 0.29) is 24.4 Å². The van der Waals surface area contributed by atoms with Crippen molar-refractivity contribution in [2.75, 3.05) is 40.4 Å². The van der Waals surface area contributed by atoms with Crippen LogP contribution in [0.15, 0.2) is 12.1 Å². The molecule has 2 aliphatic heterocycles. The Morgan fingerprint density at radius 3 is 2.34 bits per heavy atom. The van der Waals surface area contributed by atoms with Crippen molar-refractivity contribution in [3.63, 3.8) is 0 Å². The Labute approximate surface area is 182 Å². The topological polar surface area (TPSA) is 42.0 Å². The number of carbonyl (C=O) groups excluding carboxylic acids is 1. The summed E-state index contributed by atoms with van der Waals surface area (Å²) in [6.07, 6.45) is 10.0. The van der Waals surface area contributed by atoms with E-state index in [4.69, 9.17) is 9.47 Å². The van der Waals surface area contributed by atoms with Crippen molar-refractivity contribution >= 4 is 18.3 Å². The van der Waals surface area contributed by atoms with Gasteiger partial charge in [-0.25, -0.2) is 0 Å². The van der Waals surface area contributed by atoms with Crippen LogP contribution in [0.3, 0.4) is 0 Å². The molecule has 0 bridgehead atoms. The van der Waals surface area contributed by atoms with Gasteiger partial charge in [-0.15, -0.1) is 12.4 Å². The van der Waals surface area contributed by atoms with Gasteiger partial charge in [0.15, 0.2) is 11.5 Å². The van der Waals surface area contributed by atoms with Crippen LogP contribution in [-0.2, 0) is 11.2 Å². The molecule has 3 rings (SSSR count). The zero-order valence-corrected chi connectivity index (χ0v) is 19.1. The van der Waals surface area contributed by atoms with E-state index in [1.807, 2.05) is 0 Å². The number of benzene rings is 1. The van der Waals surface area contributed by atoms with Crippen LogP contribution < -0.4 is 9.47 Å². The van der Waals surface area contributed by atoms with Crippen LogP contribution in [0.25, 0.3) is 0 Å². The van der Waals surface area contributed by atoms with Gasteiger partial charge in [-0.3, -0.25) is 9.69 Å². The largest absolute Gasteiger partial charge is 0.493 e. The highest BCUT2D eigenvalue weighted by Gasteiger charge is 2.37. The summed E-state index contributed by atoms with van der Waals surface area (Å²) in [6.45, 7) is 5.56. The summed E-state index contributed by atoms with van der Waals surface area (Å²) in [4.78, 5) is 17.2. The average Bonchev–Trinajstić information content (AvgIpc) is 2.71. The van der Waals surface area contributed by atoms with E-state index >= 15 is 0 Å². The molecule has 6 heteroatoms. The molecule has 1 unspecified atom stereocenters. The van der Waals surface area contributed by atoms with Gasteiger partial charge in [0, 0.05) is 13.1 Å². The highest BCUT2D eigenvalue weighted by Crippen LogP contribution is 2.39. The third kappa shape index (κ3) is 5.79. The Morgan fingerprint density at radius 1 is 1.00 bits per heavy atom. The van der Waals surface area contributed by atoms with Crippen LogP contribution in [0.1, 0.15) is 69.0 Å². The Hall–Kier alpha value is -1.46. The second-order valence-corrected chi connectivity index (χ2v) is 8.12. The summed E-state index contributed by atoms with van der Waals surface area (Å²) < 4.78 is 11.0. The van der Waals surface area contributed by atoms with Gasteiger partial charge in [-0.2, -0.15) is 0 Å². The molecule has 0 saturated carbocycles. The fourth-order valence-electron chi connectivity index (χ4n) is 4.58. The van der Waals surface area contributed by atoms with Gasteiger partial charge in [-0.1, -0.05) is 45.4 Å². The van der Waals surface area contributed by atoms with Gasteiger partial charge < -0.3 is 14.4 Å². The molecule has 0 aliphatic carbocycles. The first kappa shape index (κ1) is 23.8. The van der Waals surface area contributed by atoms with Crippen molar-refractivity contribution in [2.45, 2.75) is 64.3 Å². The van der Waals surface area contributed by atoms with Gasteiger partial charge in [0.25, 0.3) is 0 Å². The first-order valence-electron chi connectivity index (χ1n) is 10.9. The number of nitrogens with zero attached hydrogens (tertiary/aromatic N) is 2. The smallest absolute Gasteiger partial charge is 0.237 e. The minimum Gasteiger partial charge on any atom is -0.493 e. The van der Waals surface area contributed by atoms with Crippen molar-refractivity contribution in [1.29, 1.82) is 0 Å². The highest BCUT2D eigenvalue weighted by molar-refractivity contribution is 5.85. The molecule has 1 amide bonds. The van der Waals surface area contributed by atoms with Crippen LogP contribution in [0.4, 0.5) is 0 Å². The summed E-state index contributed by atoms with van der Waals surface area (Å²) in [5.74, 6) is 1.79. The molecular formula is C23H37ClN2O3. The number of methoxy groups -OCH3 is 2. The predicted octanol–water partition coefficient (Wildman–Crippen LogP) is 4.62. The van der Waals surface area contributed by atoms with Crippen LogP contribution in [0, 0.1) is 0 Å². The van der Waals surface area contributed by atoms with E-state index in [1.165, 1.54) is 56.1 Å². The molecule has 164 valence electrons. The number of unbranched alkanes of at least 4 members (excludes halogenated alkanes) is 6. The standard InChI is InChI=1S/C23H36N2O3.ClH/c1-4-5-6-7-8-9-10-12-24-16-20-19-15-22(28-3)21(27-2)14-18(19)11-13-25(20)23(26)17-24;/h14-15,20H,4-13,16-17H2,1-3H3;1H. The Morgan fingerprint density at radius 2 is 1.66 bits per heavy atom. The third-order valence-corrected chi connectivity index (χ3v) is 6.19. The second kappa shape index (κ2) is 11.7. The van der Waals surface area contributed by atoms with Gasteiger partial charge in [-0.05, 0) is 42.6 Å². The molecule has 1 fully saturated rings. The minimum atomic E-state index is 0. The first-order chi connectivity index (χ1) is 13.7. The minimum absolute atomic E-state index is 0. The predicted molar refractivity (Wildman–Crippen MR) is 119 cm³/mol. The molecule has 1 atom stereocenters. The summed E-state index contributed by atoms with van der Waals surface area (Å²) in [6, 6.07) is 4.30. The molecule has 0 N–H and O–H groups in total. The summed E-state index contributed by atoms with van der Waals surface area (Å²) in [5, 5.41) is 0. The second-order valence-electron chi connectivity index (χ2n) is 8.12. The number of halogens is 1. The van der Waals surface area contributed by atoms with Crippen molar-refractivity contribution in [3.8, 4) is 11.5 Å². The fourth-order valence-corrected chi connectivity index (χ4v) is 4.58. The van der Waals surface area contributed by atoms with Crippen molar-refractivity contribution in [1.82, 2.24) is 9.80 Å². The number of piperazine rings is 1. The molecule has 2 heterocycles. The normalized spacial score (nSPS) is 18.7. The zero-order chi connectivity index (χ0) is 19.9. The maximum atomic E-state index is 12.8. The van der Waals surface area contributed by atoms with E-state index < -0.39 is 0 Å². The summed E-state index contributed by atoms with van der Waals surface area (Å²) in [5.41, 5.74) is 2.51. The Bertz CT molecular complexity index is 668. The number of rotatable bonds is 10. The van der Waals surface area contributed by atoms with Crippen LogP contribution in [-0.4, -0.2) is 56.1 Å². The summed E-state index contributed by atoms with van der Waals surface area (Å²) >= 11 is 0. The van der Waals surface area contributed by atoms with Gasteiger partial charge in [0.1, 0.15) is 0 Å². The molecule has 1 saturated heterocycles. The van der Waals surface area contributed by atoms with Crippen molar-refractivity contribution in [2.24, 2.45) is 0 Å². The third-order valence-electron chi connectivity index (χ3n) is 6.19. The molecule has 5 nitrogen and oxygen atoms in total.